The number of nitrogens with one attached hydrogen (secondary N) is 1. The Labute approximate surface area is 181 Å². The molecular weight excluding hydrogens is 406 g/mol. The summed E-state index contributed by atoms with van der Waals surface area (Å²) < 4.78 is 5.47. The van der Waals surface area contributed by atoms with Crippen molar-refractivity contribution in [3.05, 3.63) is 65.2 Å². The number of hydrogen-bond donors (Lipinski definition) is 1. The lowest BCUT2D eigenvalue weighted by atomic mass is 10.0. The molecular formula is C22H24ClN3O4. The van der Waals surface area contributed by atoms with E-state index >= 15 is 0 Å². The van der Waals surface area contributed by atoms with Gasteiger partial charge in [-0.3, -0.25) is 19.3 Å². The molecule has 1 unspecified atom stereocenters. The lowest BCUT2D eigenvalue weighted by Gasteiger charge is -2.37. The Hall–Kier alpha value is -2.90. The number of hydrogen-bond acceptors (Lipinski definition) is 5. The lowest BCUT2D eigenvalue weighted by Crippen LogP contribution is -2.49. The van der Waals surface area contributed by atoms with Crippen LogP contribution < -0.4 is 10.1 Å². The van der Waals surface area contributed by atoms with Crippen LogP contribution in [0.4, 0.5) is 0 Å². The minimum Gasteiger partial charge on any atom is -0.496 e. The molecule has 0 aromatic heterocycles. The second-order valence-electron chi connectivity index (χ2n) is 7.11. The smallest absolute Gasteiger partial charge is 0.261 e. The van der Waals surface area contributed by atoms with Crippen LogP contribution in [0, 0.1) is 0 Å². The highest BCUT2D eigenvalue weighted by atomic mass is 35.5. The molecule has 2 aromatic rings. The van der Waals surface area contributed by atoms with Crippen molar-refractivity contribution in [2.45, 2.75) is 12.5 Å². The van der Waals surface area contributed by atoms with Gasteiger partial charge in [0.1, 0.15) is 5.75 Å². The van der Waals surface area contributed by atoms with Crippen LogP contribution in [-0.4, -0.2) is 60.8 Å². The van der Waals surface area contributed by atoms with Crippen molar-refractivity contribution in [2.75, 3.05) is 33.3 Å². The van der Waals surface area contributed by atoms with E-state index in [1.807, 2.05) is 29.2 Å². The number of imide groups is 1. The number of methoxy groups -OCH3 is 1. The summed E-state index contributed by atoms with van der Waals surface area (Å²) in [6.45, 7) is 1.96. The molecule has 2 aliphatic heterocycles. The number of carbonyl (C=O) groups is 3. The van der Waals surface area contributed by atoms with Crippen LogP contribution in [0.5, 0.6) is 5.75 Å². The monoisotopic (exact) mass is 429 g/mol. The predicted octanol–water partition coefficient (Wildman–Crippen LogP) is 2.28. The Kier molecular flexibility index (Phi) is 6.74. The Morgan fingerprint density at radius 2 is 1.70 bits per heavy atom. The third-order valence-corrected chi connectivity index (χ3v) is 5.49. The Balaban J connectivity index is 0.00000256. The van der Waals surface area contributed by atoms with Crippen LogP contribution in [0.15, 0.2) is 48.5 Å². The summed E-state index contributed by atoms with van der Waals surface area (Å²) in [5, 5.41) is 3.32. The molecule has 7 nitrogen and oxygen atoms in total. The van der Waals surface area contributed by atoms with Gasteiger partial charge in [0.15, 0.2) is 0 Å². The molecule has 158 valence electrons. The number of nitrogens with zero attached hydrogens (tertiary/aromatic N) is 2. The standard InChI is InChI=1S/C22H23N3O4.ClH/c1-29-19-9-5-4-8-17(19)18-14-23-11-13-24(18)20(26)10-12-25-21(27)15-6-2-3-7-16(15)22(25)28;/h2-9,18,23H,10-14H2,1H3;1H. The summed E-state index contributed by atoms with van der Waals surface area (Å²) in [4.78, 5) is 41.1. The molecule has 0 saturated carbocycles. The molecule has 1 saturated heterocycles. The summed E-state index contributed by atoms with van der Waals surface area (Å²) in [5.41, 5.74) is 1.74. The number of piperazine rings is 1. The van der Waals surface area contributed by atoms with Gasteiger partial charge in [0.05, 0.1) is 24.3 Å². The second kappa shape index (κ2) is 9.28. The summed E-state index contributed by atoms with van der Waals surface area (Å²) in [6, 6.07) is 14.3. The largest absolute Gasteiger partial charge is 0.496 e. The van der Waals surface area contributed by atoms with E-state index in [0.29, 0.717) is 30.8 Å². The molecule has 2 heterocycles. The average Bonchev–Trinajstić information content (AvgIpc) is 3.02. The Bertz CT molecular complexity index is 930. The van der Waals surface area contributed by atoms with Gasteiger partial charge in [-0.15, -0.1) is 12.4 Å². The minimum absolute atomic E-state index is 0. The molecule has 0 spiro atoms. The first kappa shape index (κ1) is 21.8. The molecule has 2 aliphatic rings. The molecule has 2 aromatic carbocycles. The van der Waals surface area contributed by atoms with E-state index in [1.165, 1.54) is 4.90 Å². The van der Waals surface area contributed by atoms with Gasteiger partial charge in [0, 0.05) is 38.2 Å². The van der Waals surface area contributed by atoms with E-state index in [1.54, 1.807) is 31.4 Å². The van der Waals surface area contributed by atoms with Crippen molar-refractivity contribution in [2.24, 2.45) is 0 Å². The molecule has 1 N–H and O–H groups in total. The van der Waals surface area contributed by atoms with Crippen LogP contribution in [0.25, 0.3) is 0 Å². The fourth-order valence-corrected chi connectivity index (χ4v) is 4.02. The van der Waals surface area contributed by atoms with Crippen molar-refractivity contribution >= 4 is 30.1 Å². The highest BCUT2D eigenvalue weighted by Gasteiger charge is 2.36. The van der Waals surface area contributed by atoms with Gasteiger partial charge in [0.25, 0.3) is 11.8 Å². The lowest BCUT2D eigenvalue weighted by molar-refractivity contribution is -0.134. The number of benzene rings is 2. The number of carbonyl (C=O) groups excluding carboxylic acids is 3. The topological polar surface area (TPSA) is 79.0 Å². The first-order valence-electron chi connectivity index (χ1n) is 9.70. The maximum Gasteiger partial charge on any atom is 0.261 e. The number of halogens is 1. The third-order valence-electron chi connectivity index (χ3n) is 5.49. The van der Waals surface area contributed by atoms with Crippen LogP contribution in [0.2, 0.25) is 0 Å². The quantitative estimate of drug-likeness (QED) is 0.738. The molecule has 0 bridgehead atoms. The van der Waals surface area contributed by atoms with Crippen molar-refractivity contribution in [1.29, 1.82) is 0 Å². The second-order valence-corrected chi connectivity index (χ2v) is 7.11. The molecule has 0 aliphatic carbocycles. The molecule has 1 fully saturated rings. The molecule has 30 heavy (non-hydrogen) atoms. The van der Waals surface area contributed by atoms with Gasteiger partial charge in [-0.05, 0) is 18.2 Å². The van der Waals surface area contributed by atoms with E-state index in [2.05, 4.69) is 5.32 Å². The number of amides is 3. The highest BCUT2D eigenvalue weighted by Crippen LogP contribution is 2.31. The van der Waals surface area contributed by atoms with Gasteiger partial charge < -0.3 is 15.0 Å². The van der Waals surface area contributed by atoms with E-state index in [-0.39, 0.29) is 49.1 Å². The van der Waals surface area contributed by atoms with Crippen molar-refractivity contribution < 1.29 is 19.1 Å². The first-order valence-corrected chi connectivity index (χ1v) is 9.70. The summed E-state index contributed by atoms with van der Waals surface area (Å²) in [7, 11) is 1.61. The SMILES string of the molecule is COc1ccccc1C1CNCCN1C(=O)CCN1C(=O)c2ccccc2C1=O.Cl. The zero-order valence-corrected chi connectivity index (χ0v) is 17.5. The predicted molar refractivity (Wildman–Crippen MR) is 114 cm³/mol. The summed E-state index contributed by atoms with van der Waals surface area (Å²) >= 11 is 0. The molecule has 1 atom stereocenters. The Morgan fingerprint density at radius 3 is 2.37 bits per heavy atom. The van der Waals surface area contributed by atoms with E-state index < -0.39 is 0 Å². The third kappa shape index (κ3) is 3.91. The van der Waals surface area contributed by atoms with Gasteiger partial charge >= 0.3 is 0 Å². The number of fused-ring (bicyclic) bond motifs is 1. The van der Waals surface area contributed by atoms with E-state index in [4.69, 9.17) is 4.74 Å². The maximum absolute atomic E-state index is 13.0. The van der Waals surface area contributed by atoms with Crippen LogP contribution in [-0.2, 0) is 4.79 Å². The zero-order valence-electron chi connectivity index (χ0n) is 16.7. The molecule has 3 amide bonds. The normalized spacial score (nSPS) is 18.1. The first-order chi connectivity index (χ1) is 14.1. The molecule has 8 heteroatoms. The highest BCUT2D eigenvalue weighted by molar-refractivity contribution is 6.21. The van der Waals surface area contributed by atoms with Crippen LogP contribution >= 0.6 is 12.4 Å². The van der Waals surface area contributed by atoms with Gasteiger partial charge in [-0.2, -0.15) is 0 Å². The maximum atomic E-state index is 13.0. The minimum atomic E-state index is -0.333. The average molecular weight is 430 g/mol. The van der Waals surface area contributed by atoms with Crippen molar-refractivity contribution in [3.8, 4) is 5.75 Å². The number of rotatable bonds is 5. The van der Waals surface area contributed by atoms with Crippen LogP contribution in [0.1, 0.15) is 38.7 Å². The van der Waals surface area contributed by atoms with E-state index in [0.717, 1.165) is 11.3 Å². The van der Waals surface area contributed by atoms with E-state index in [9.17, 15) is 14.4 Å². The fourth-order valence-electron chi connectivity index (χ4n) is 4.02. The molecule has 4 rings (SSSR count). The Morgan fingerprint density at radius 1 is 1.07 bits per heavy atom. The zero-order chi connectivity index (χ0) is 20.4. The van der Waals surface area contributed by atoms with Gasteiger partial charge in [-0.1, -0.05) is 30.3 Å². The molecule has 0 radical (unpaired) electrons. The summed E-state index contributed by atoms with van der Waals surface area (Å²) in [6.07, 6.45) is 0.0944. The van der Waals surface area contributed by atoms with Crippen molar-refractivity contribution in [1.82, 2.24) is 15.1 Å². The fraction of sp³-hybridized carbons (Fsp3) is 0.318. The number of ether oxygens (including phenoxy) is 1. The van der Waals surface area contributed by atoms with Crippen LogP contribution in [0.3, 0.4) is 0 Å². The number of para-hydroxylation sites is 1. The van der Waals surface area contributed by atoms with Gasteiger partial charge in [-0.25, -0.2) is 0 Å². The van der Waals surface area contributed by atoms with Crippen molar-refractivity contribution in [3.63, 3.8) is 0 Å². The summed E-state index contributed by atoms with van der Waals surface area (Å²) in [5.74, 6) is -0.0155. The van der Waals surface area contributed by atoms with Gasteiger partial charge in [0.2, 0.25) is 5.91 Å².